The lowest BCUT2D eigenvalue weighted by Crippen LogP contribution is -2.37. The molecule has 0 heterocycles. The Morgan fingerprint density at radius 2 is 2.15 bits per heavy atom. The maximum atomic E-state index is 12.4. The van der Waals surface area contributed by atoms with Gasteiger partial charge in [0.25, 0.3) is 18.0 Å². The van der Waals surface area contributed by atoms with Crippen molar-refractivity contribution < 1.29 is 23.6 Å². The zero-order chi connectivity index (χ0) is 15.3. The second kappa shape index (κ2) is 6.75. The van der Waals surface area contributed by atoms with Gasteiger partial charge in [-0.15, -0.1) is 0 Å². The van der Waals surface area contributed by atoms with Crippen LogP contribution in [-0.2, 0) is 0 Å². The molecule has 0 aliphatic heterocycles. The van der Waals surface area contributed by atoms with Crippen molar-refractivity contribution in [3.8, 4) is 0 Å². The monoisotopic (exact) mass is 289 g/mol. The van der Waals surface area contributed by atoms with E-state index in [0.29, 0.717) is 0 Å². The van der Waals surface area contributed by atoms with E-state index in [1.807, 2.05) is 0 Å². The molecule has 1 amide bonds. The normalized spacial score (nSPS) is 10.6. The largest absolute Gasteiger partial charge is 0.395 e. The number of alkyl halides is 2. The van der Waals surface area contributed by atoms with Crippen molar-refractivity contribution in [3.05, 3.63) is 33.9 Å². The molecular formula is C11H13F2N3O4. The summed E-state index contributed by atoms with van der Waals surface area (Å²) in [5.74, 6) is -0.831. The van der Waals surface area contributed by atoms with Crippen molar-refractivity contribution in [2.24, 2.45) is 0 Å². The van der Waals surface area contributed by atoms with E-state index in [-0.39, 0.29) is 17.8 Å². The summed E-state index contributed by atoms with van der Waals surface area (Å²) in [5, 5.41) is 19.5. The third kappa shape index (κ3) is 3.85. The number of aliphatic hydroxyl groups is 1. The highest BCUT2D eigenvalue weighted by molar-refractivity contribution is 5.95. The van der Waals surface area contributed by atoms with Crippen molar-refractivity contribution in [1.82, 2.24) is 4.90 Å². The number of amides is 1. The summed E-state index contributed by atoms with van der Waals surface area (Å²) >= 11 is 0. The number of rotatable bonds is 6. The number of carbonyl (C=O) groups is 1. The Morgan fingerprint density at radius 3 is 2.65 bits per heavy atom. The molecule has 0 radical (unpaired) electrons. The van der Waals surface area contributed by atoms with E-state index in [1.54, 1.807) is 0 Å². The van der Waals surface area contributed by atoms with Gasteiger partial charge in [-0.3, -0.25) is 14.9 Å². The van der Waals surface area contributed by atoms with Gasteiger partial charge in [-0.1, -0.05) is 0 Å². The average Bonchev–Trinajstić information content (AvgIpc) is 2.37. The van der Waals surface area contributed by atoms with Crippen molar-refractivity contribution in [1.29, 1.82) is 0 Å². The first-order chi connectivity index (χ1) is 9.36. The number of nitro benzene ring substituents is 1. The van der Waals surface area contributed by atoms with Crippen LogP contribution in [0.1, 0.15) is 10.4 Å². The molecule has 0 bridgehead atoms. The Bertz CT molecular complexity index is 510. The summed E-state index contributed by atoms with van der Waals surface area (Å²) in [7, 11) is 0. The van der Waals surface area contributed by atoms with Crippen LogP contribution in [0.5, 0.6) is 0 Å². The van der Waals surface area contributed by atoms with Gasteiger partial charge in [0.05, 0.1) is 18.1 Å². The number of carbonyl (C=O) groups excluding carboxylic acids is 1. The maximum absolute atomic E-state index is 12.4. The first kappa shape index (κ1) is 15.8. The molecule has 1 rings (SSSR count). The fraction of sp³-hybridized carbons (Fsp3) is 0.364. The second-order valence-corrected chi connectivity index (χ2v) is 3.90. The van der Waals surface area contributed by atoms with Gasteiger partial charge in [0.15, 0.2) is 0 Å². The summed E-state index contributed by atoms with van der Waals surface area (Å²) in [5.41, 5.74) is 4.63. The van der Waals surface area contributed by atoms with Crippen LogP contribution in [0.25, 0.3) is 0 Å². The van der Waals surface area contributed by atoms with Crippen LogP contribution in [0.3, 0.4) is 0 Å². The maximum Gasteiger partial charge on any atom is 0.292 e. The summed E-state index contributed by atoms with van der Waals surface area (Å²) in [6.07, 6.45) is -2.77. The standard InChI is InChI=1S/C11H13F2N3O4/c12-10(13)6-15(3-4-17)11(18)7-1-2-8(14)9(5-7)16(19)20/h1-2,5,10,17H,3-4,6,14H2. The first-order valence-corrected chi connectivity index (χ1v) is 5.59. The van der Waals surface area contributed by atoms with Crippen LogP contribution in [0, 0.1) is 10.1 Å². The molecule has 1 aromatic rings. The summed E-state index contributed by atoms with van der Waals surface area (Å²) in [6.45, 7) is -1.64. The Balaban J connectivity index is 3.05. The summed E-state index contributed by atoms with van der Waals surface area (Å²) in [4.78, 5) is 22.6. The van der Waals surface area contributed by atoms with Crippen molar-refractivity contribution in [2.45, 2.75) is 6.43 Å². The molecule has 0 saturated heterocycles. The minimum absolute atomic E-state index is 0.130. The molecule has 0 spiro atoms. The lowest BCUT2D eigenvalue weighted by atomic mass is 10.1. The number of nitrogen functional groups attached to an aromatic ring is 1. The minimum Gasteiger partial charge on any atom is -0.395 e. The molecule has 110 valence electrons. The number of nitro groups is 1. The fourth-order valence-electron chi connectivity index (χ4n) is 1.58. The Kier molecular flexibility index (Phi) is 5.32. The molecule has 0 aliphatic rings. The summed E-state index contributed by atoms with van der Waals surface area (Å²) in [6, 6.07) is 3.29. The number of nitrogens with zero attached hydrogens (tertiary/aromatic N) is 2. The zero-order valence-electron chi connectivity index (χ0n) is 10.3. The fourth-order valence-corrected chi connectivity index (χ4v) is 1.58. The molecule has 0 saturated carbocycles. The number of hydrogen-bond donors (Lipinski definition) is 2. The van der Waals surface area contributed by atoms with E-state index < -0.39 is 36.1 Å². The molecule has 0 unspecified atom stereocenters. The van der Waals surface area contributed by atoms with E-state index in [2.05, 4.69) is 0 Å². The third-order valence-electron chi connectivity index (χ3n) is 2.49. The van der Waals surface area contributed by atoms with Gasteiger partial charge < -0.3 is 15.7 Å². The molecule has 1 aromatic carbocycles. The van der Waals surface area contributed by atoms with Gasteiger partial charge >= 0.3 is 0 Å². The number of benzene rings is 1. The minimum atomic E-state index is -2.77. The number of halogens is 2. The Morgan fingerprint density at radius 1 is 1.50 bits per heavy atom. The van der Waals surface area contributed by atoms with Crippen molar-refractivity contribution in [2.75, 3.05) is 25.4 Å². The predicted molar refractivity (Wildman–Crippen MR) is 66.5 cm³/mol. The van der Waals surface area contributed by atoms with Gasteiger partial charge in [-0.05, 0) is 12.1 Å². The first-order valence-electron chi connectivity index (χ1n) is 5.59. The molecule has 0 aliphatic carbocycles. The van der Waals surface area contributed by atoms with Gasteiger partial charge in [0.1, 0.15) is 5.69 Å². The van der Waals surface area contributed by atoms with Crippen molar-refractivity contribution >= 4 is 17.3 Å². The Hall–Kier alpha value is -2.29. The number of anilines is 1. The highest BCUT2D eigenvalue weighted by atomic mass is 19.3. The van der Waals surface area contributed by atoms with Crippen LogP contribution in [0.2, 0.25) is 0 Å². The number of aliphatic hydroxyl groups excluding tert-OH is 1. The lowest BCUT2D eigenvalue weighted by molar-refractivity contribution is -0.383. The van der Waals surface area contributed by atoms with Crippen molar-refractivity contribution in [3.63, 3.8) is 0 Å². The van der Waals surface area contributed by atoms with Crippen LogP contribution < -0.4 is 5.73 Å². The number of nitrogens with two attached hydrogens (primary N) is 1. The topological polar surface area (TPSA) is 110 Å². The van der Waals surface area contributed by atoms with E-state index in [9.17, 15) is 23.7 Å². The third-order valence-corrected chi connectivity index (χ3v) is 2.49. The van der Waals surface area contributed by atoms with E-state index in [4.69, 9.17) is 10.8 Å². The zero-order valence-corrected chi connectivity index (χ0v) is 10.3. The lowest BCUT2D eigenvalue weighted by Gasteiger charge is -2.21. The van der Waals surface area contributed by atoms with Crippen LogP contribution in [0.4, 0.5) is 20.2 Å². The van der Waals surface area contributed by atoms with Crippen LogP contribution >= 0.6 is 0 Å². The Labute approximate surface area is 112 Å². The van der Waals surface area contributed by atoms with Crippen LogP contribution in [0.15, 0.2) is 18.2 Å². The molecule has 20 heavy (non-hydrogen) atoms. The highest BCUT2D eigenvalue weighted by Gasteiger charge is 2.22. The SMILES string of the molecule is Nc1ccc(C(=O)N(CCO)CC(F)F)cc1[N+](=O)[O-]. The molecule has 0 aromatic heterocycles. The molecular weight excluding hydrogens is 276 g/mol. The van der Waals surface area contributed by atoms with Gasteiger partial charge in [0.2, 0.25) is 0 Å². The molecule has 9 heteroatoms. The quantitative estimate of drug-likeness (QED) is 0.459. The van der Waals surface area contributed by atoms with Crippen LogP contribution in [-0.4, -0.2) is 47.0 Å². The van der Waals surface area contributed by atoms with Gasteiger partial charge in [-0.2, -0.15) is 0 Å². The molecule has 0 fully saturated rings. The predicted octanol–water partition coefficient (Wildman–Crippen LogP) is 0.877. The van der Waals surface area contributed by atoms with Gasteiger partial charge in [0, 0.05) is 18.2 Å². The molecule has 0 atom stereocenters. The highest BCUT2D eigenvalue weighted by Crippen LogP contribution is 2.23. The smallest absolute Gasteiger partial charge is 0.292 e. The molecule has 3 N–H and O–H groups in total. The summed E-state index contributed by atoms with van der Waals surface area (Å²) < 4.78 is 24.7. The number of hydrogen-bond acceptors (Lipinski definition) is 5. The average molecular weight is 289 g/mol. The van der Waals surface area contributed by atoms with Gasteiger partial charge in [-0.25, -0.2) is 8.78 Å². The van der Waals surface area contributed by atoms with E-state index >= 15 is 0 Å². The van der Waals surface area contributed by atoms with E-state index in [1.165, 1.54) is 6.07 Å². The van der Waals surface area contributed by atoms with E-state index in [0.717, 1.165) is 17.0 Å². The second-order valence-electron chi connectivity index (χ2n) is 3.90. The molecule has 7 nitrogen and oxygen atoms in total.